The fraction of sp³-hybridized carbons (Fsp3) is 0.381. The van der Waals surface area contributed by atoms with Gasteiger partial charge in [-0.1, -0.05) is 24.3 Å². The summed E-state index contributed by atoms with van der Waals surface area (Å²) in [6.07, 6.45) is 2.55. The van der Waals surface area contributed by atoms with Crippen LogP contribution in [0.2, 0.25) is 0 Å². The van der Waals surface area contributed by atoms with Crippen molar-refractivity contribution in [2.24, 2.45) is 0 Å². The summed E-state index contributed by atoms with van der Waals surface area (Å²) in [4.78, 5) is 15.0. The molecule has 2 atom stereocenters. The topological polar surface area (TPSA) is 50.8 Å². The maximum Gasteiger partial charge on any atom is 0.251 e. The second-order valence-electron chi connectivity index (χ2n) is 6.90. The molecule has 0 spiro atoms. The quantitative estimate of drug-likeness (QED) is 0.898. The predicted molar refractivity (Wildman–Crippen MR) is 99.6 cm³/mol. The molecule has 0 radical (unpaired) electrons. The van der Waals surface area contributed by atoms with Gasteiger partial charge in [-0.3, -0.25) is 9.69 Å². The zero-order chi connectivity index (χ0) is 17.8. The van der Waals surface area contributed by atoms with Gasteiger partial charge in [-0.2, -0.15) is 0 Å². The first-order valence-corrected chi connectivity index (χ1v) is 9.25. The fourth-order valence-electron chi connectivity index (χ4n) is 3.64. The van der Waals surface area contributed by atoms with E-state index in [-0.39, 0.29) is 12.0 Å². The lowest BCUT2D eigenvalue weighted by Crippen LogP contribution is -2.50. The molecular weight excluding hydrogens is 328 g/mol. The lowest BCUT2D eigenvalue weighted by molar-refractivity contribution is -0.0461. The maximum absolute atomic E-state index is 12.5. The van der Waals surface area contributed by atoms with Gasteiger partial charge >= 0.3 is 0 Å². The molecule has 0 saturated carbocycles. The van der Waals surface area contributed by atoms with Crippen LogP contribution in [0, 0.1) is 0 Å². The standard InChI is InChI=1S/C21H24N2O3/c24-21(22-13-20-14-23-11-5-7-17(23)15-25-20)16-6-4-10-19(12-16)26-18-8-2-1-3-9-18/h1-4,6,8-10,12,17,20H,5,7,11,13-15H2,(H,22,24). The molecule has 0 aliphatic carbocycles. The van der Waals surface area contributed by atoms with Crippen molar-refractivity contribution in [1.29, 1.82) is 0 Å². The van der Waals surface area contributed by atoms with E-state index in [0.29, 0.717) is 23.9 Å². The van der Waals surface area contributed by atoms with Gasteiger partial charge in [-0.05, 0) is 49.7 Å². The van der Waals surface area contributed by atoms with Crippen molar-refractivity contribution in [1.82, 2.24) is 10.2 Å². The Morgan fingerprint density at radius 3 is 2.88 bits per heavy atom. The molecule has 2 aromatic rings. The highest BCUT2D eigenvalue weighted by molar-refractivity contribution is 5.94. The Balaban J connectivity index is 1.32. The van der Waals surface area contributed by atoms with E-state index in [9.17, 15) is 4.79 Å². The van der Waals surface area contributed by atoms with Gasteiger partial charge < -0.3 is 14.8 Å². The van der Waals surface area contributed by atoms with Gasteiger partial charge in [0.2, 0.25) is 0 Å². The Bertz CT molecular complexity index is 750. The minimum atomic E-state index is -0.101. The molecule has 2 unspecified atom stereocenters. The second kappa shape index (κ2) is 7.89. The summed E-state index contributed by atoms with van der Waals surface area (Å²) in [5.74, 6) is 1.30. The highest BCUT2D eigenvalue weighted by Gasteiger charge is 2.32. The highest BCUT2D eigenvalue weighted by atomic mass is 16.5. The first-order chi connectivity index (χ1) is 12.8. The van der Waals surface area contributed by atoms with Crippen LogP contribution in [0.25, 0.3) is 0 Å². The first kappa shape index (κ1) is 17.1. The van der Waals surface area contributed by atoms with Gasteiger partial charge in [-0.15, -0.1) is 0 Å². The van der Waals surface area contributed by atoms with E-state index in [1.165, 1.54) is 12.8 Å². The molecule has 2 saturated heterocycles. The molecule has 2 aromatic carbocycles. The van der Waals surface area contributed by atoms with Crippen LogP contribution in [0.3, 0.4) is 0 Å². The van der Waals surface area contributed by atoms with Crippen LogP contribution in [-0.4, -0.2) is 49.2 Å². The van der Waals surface area contributed by atoms with Gasteiger partial charge in [0.25, 0.3) is 5.91 Å². The monoisotopic (exact) mass is 352 g/mol. The number of ether oxygens (including phenoxy) is 2. The molecule has 2 heterocycles. The largest absolute Gasteiger partial charge is 0.457 e. The van der Waals surface area contributed by atoms with Crippen molar-refractivity contribution in [2.45, 2.75) is 25.0 Å². The molecule has 5 nitrogen and oxygen atoms in total. The molecule has 2 aliphatic rings. The molecule has 0 bridgehead atoms. The number of para-hydroxylation sites is 1. The number of amides is 1. The predicted octanol–water partition coefficient (Wildman–Crippen LogP) is 3.07. The van der Waals surface area contributed by atoms with Gasteiger partial charge in [0.15, 0.2) is 0 Å². The van der Waals surface area contributed by atoms with Gasteiger partial charge in [-0.25, -0.2) is 0 Å². The van der Waals surface area contributed by atoms with Crippen LogP contribution in [0.1, 0.15) is 23.2 Å². The molecule has 0 aromatic heterocycles. The minimum absolute atomic E-state index is 0.0667. The first-order valence-electron chi connectivity index (χ1n) is 9.25. The fourth-order valence-corrected chi connectivity index (χ4v) is 3.64. The Hall–Kier alpha value is -2.37. The summed E-state index contributed by atoms with van der Waals surface area (Å²) in [5.41, 5.74) is 0.591. The average Bonchev–Trinajstić information content (AvgIpc) is 3.15. The number of hydrogen-bond donors (Lipinski definition) is 1. The van der Waals surface area contributed by atoms with Gasteiger partial charge in [0.1, 0.15) is 11.5 Å². The summed E-state index contributed by atoms with van der Waals surface area (Å²) in [6.45, 7) is 3.37. The third kappa shape index (κ3) is 4.06. The van der Waals surface area contributed by atoms with Crippen LogP contribution in [0.5, 0.6) is 11.5 Å². The lowest BCUT2D eigenvalue weighted by Gasteiger charge is -2.35. The maximum atomic E-state index is 12.5. The highest BCUT2D eigenvalue weighted by Crippen LogP contribution is 2.23. The average molecular weight is 352 g/mol. The number of nitrogens with one attached hydrogen (secondary N) is 1. The zero-order valence-electron chi connectivity index (χ0n) is 14.8. The molecule has 5 heteroatoms. The molecular formula is C21H24N2O3. The van der Waals surface area contributed by atoms with Crippen LogP contribution in [0.15, 0.2) is 54.6 Å². The van der Waals surface area contributed by atoms with Gasteiger partial charge in [0.05, 0.1) is 12.7 Å². The van der Waals surface area contributed by atoms with E-state index >= 15 is 0 Å². The molecule has 1 N–H and O–H groups in total. The van der Waals surface area contributed by atoms with Crippen molar-refractivity contribution >= 4 is 5.91 Å². The number of hydrogen-bond acceptors (Lipinski definition) is 4. The van der Waals surface area contributed by atoms with E-state index in [2.05, 4.69) is 10.2 Å². The van der Waals surface area contributed by atoms with Crippen molar-refractivity contribution in [3.8, 4) is 11.5 Å². The molecule has 2 fully saturated rings. The number of carbonyl (C=O) groups excluding carboxylic acids is 1. The summed E-state index contributed by atoms with van der Waals surface area (Å²) in [7, 11) is 0. The molecule has 2 aliphatic heterocycles. The van der Waals surface area contributed by atoms with Crippen LogP contribution < -0.4 is 10.1 Å². The van der Waals surface area contributed by atoms with Crippen molar-refractivity contribution < 1.29 is 14.3 Å². The Kier molecular flexibility index (Phi) is 5.18. The van der Waals surface area contributed by atoms with Gasteiger partial charge in [0, 0.05) is 24.7 Å². The van der Waals surface area contributed by atoms with E-state index in [1.54, 1.807) is 12.1 Å². The number of carbonyl (C=O) groups is 1. The normalized spacial score (nSPS) is 22.6. The van der Waals surface area contributed by atoms with Crippen LogP contribution in [0.4, 0.5) is 0 Å². The summed E-state index contributed by atoms with van der Waals surface area (Å²) in [6, 6.07) is 17.4. The molecule has 4 rings (SSSR count). The SMILES string of the molecule is O=C(NCC1CN2CCCC2CO1)c1cccc(Oc2ccccc2)c1. The number of fused-ring (bicyclic) bond motifs is 1. The number of nitrogens with zero attached hydrogens (tertiary/aromatic N) is 1. The van der Waals surface area contributed by atoms with Crippen LogP contribution >= 0.6 is 0 Å². The number of rotatable bonds is 5. The molecule has 26 heavy (non-hydrogen) atoms. The van der Waals surface area contributed by atoms with E-state index in [0.717, 1.165) is 25.4 Å². The molecule has 1 amide bonds. The zero-order valence-corrected chi connectivity index (χ0v) is 14.8. The summed E-state index contributed by atoms with van der Waals surface area (Å²) >= 11 is 0. The molecule has 136 valence electrons. The Labute approximate surface area is 153 Å². The number of benzene rings is 2. The third-order valence-corrected chi connectivity index (χ3v) is 5.03. The van der Waals surface area contributed by atoms with Crippen molar-refractivity contribution in [3.63, 3.8) is 0 Å². The second-order valence-corrected chi connectivity index (χ2v) is 6.90. The van der Waals surface area contributed by atoms with E-state index in [4.69, 9.17) is 9.47 Å². The van der Waals surface area contributed by atoms with Crippen molar-refractivity contribution in [2.75, 3.05) is 26.2 Å². The minimum Gasteiger partial charge on any atom is -0.457 e. The Morgan fingerprint density at radius 2 is 2.00 bits per heavy atom. The summed E-state index contributed by atoms with van der Waals surface area (Å²) in [5, 5.41) is 2.99. The summed E-state index contributed by atoms with van der Waals surface area (Å²) < 4.78 is 11.7. The smallest absolute Gasteiger partial charge is 0.251 e. The third-order valence-electron chi connectivity index (χ3n) is 5.03. The number of morpholine rings is 1. The van der Waals surface area contributed by atoms with Crippen LogP contribution in [-0.2, 0) is 4.74 Å². The lowest BCUT2D eigenvalue weighted by atomic mass is 10.1. The Morgan fingerprint density at radius 1 is 1.15 bits per heavy atom. The van der Waals surface area contributed by atoms with E-state index in [1.807, 2.05) is 42.5 Å². The van der Waals surface area contributed by atoms with E-state index < -0.39 is 0 Å². The van der Waals surface area contributed by atoms with Crippen molar-refractivity contribution in [3.05, 3.63) is 60.2 Å².